The molecule has 18 heavy (non-hydrogen) atoms. The van der Waals surface area contributed by atoms with Gasteiger partial charge in [-0.2, -0.15) is 0 Å². The molecular weight excluding hydrogens is 228 g/mol. The third kappa shape index (κ3) is 2.72. The van der Waals surface area contributed by atoms with E-state index in [9.17, 15) is 4.79 Å². The number of allylic oxidation sites excluding steroid dienone is 4. The molecule has 2 aliphatic rings. The molecule has 0 aromatic carbocycles. The number of rotatable bonds is 3. The van der Waals surface area contributed by atoms with Crippen molar-refractivity contribution < 1.29 is 14.6 Å². The minimum absolute atomic E-state index is 0.0655. The van der Waals surface area contributed by atoms with E-state index in [4.69, 9.17) is 9.84 Å². The average molecular weight is 248 g/mol. The molecule has 3 nitrogen and oxygen atoms in total. The number of hydrogen-bond donors (Lipinski definition) is 1. The molecule has 1 aliphatic heterocycles. The Hall–Kier alpha value is -1.35. The quantitative estimate of drug-likeness (QED) is 0.781. The summed E-state index contributed by atoms with van der Waals surface area (Å²) in [6.45, 7) is 4.85. The van der Waals surface area contributed by atoms with Crippen LogP contribution in [0, 0.1) is 11.8 Å². The fraction of sp³-hybridized carbons (Fsp3) is 0.533. The maximum absolute atomic E-state index is 10.8. The molecular formula is C15H20O3. The summed E-state index contributed by atoms with van der Waals surface area (Å²) < 4.78 is 5.58. The molecule has 3 heteroatoms. The molecule has 0 aromatic heterocycles. The van der Waals surface area contributed by atoms with Crippen molar-refractivity contribution in [3.05, 3.63) is 35.5 Å². The van der Waals surface area contributed by atoms with Crippen molar-refractivity contribution in [1.29, 1.82) is 0 Å². The summed E-state index contributed by atoms with van der Waals surface area (Å²) in [4.78, 5) is 10.8. The van der Waals surface area contributed by atoms with Crippen LogP contribution in [0.2, 0.25) is 0 Å². The van der Waals surface area contributed by atoms with Crippen LogP contribution in [0.15, 0.2) is 35.5 Å². The lowest BCUT2D eigenvalue weighted by molar-refractivity contribution is -0.139. The van der Waals surface area contributed by atoms with E-state index in [1.165, 1.54) is 5.57 Å². The minimum atomic E-state index is -0.798. The van der Waals surface area contributed by atoms with Gasteiger partial charge in [-0.15, -0.1) is 0 Å². The average Bonchev–Trinajstić information content (AvgIpc) is 2.32. The van der Waals surface area contributed by atoms with Crippen molar-refractivity contribution >= 4 is 5.97 Å². The van der Waals surface area contributed by atoms with Gasteiger partial charge in [-0.3, -0.25) is 4.79 Å². The Morgan fingerprint density at radius 3 is 2.83 bits per heavy atom. The molecule has 3 atom stereocenters. The molecule has 1 heterocycles. The predicted octanol–water partition coefficient (Wildman–Crippen LogP) is 2.94. The van der Waals surface area contributed by atoms with E-state index in [0.29, 0.717) is 18.4 Å². The van der Waals surface area contributed by atoms with E-state index in [-0.39, 0.29) is 12.5 Å². The molecule has 0 saturated heterocycles. The molecule has 1 aliphatic carbocycles. The van der Waals surface area contributed by atoms with Gasteiger partial charge in [0.15, 0.2) is 0 Å². The van der Waals surface area contributed by atoms with Crippen LogP contribution in [0.25, 0.3) is 0 Å². The lowest BCUT2D eigenvalue weighted by Gasteiger charge is -2.32. The first kappa shape index (κ1) is 13.1. The Kier molecular flexibility index (Phi) is 4.02. The lowest BCUT2D eigenvalue weighted by Crippen LogP contribution is -2.28. The molecule has 0 radical (unpaired) electrons. The monoisotopic (exact) mass is 248 g/mol. The van der Waals surface area contributed by atoms with E-state index in [2.05, 4.69) is 31.2 Å². The normalized spacial score (nSPS) is 31.8. The van der Waals surface area contributed by atoms with Gasteiger partial charge in [-0.05, 0) is 24.8 Å². The highest BCUT2D eigenvalue weighted by atomic mass is 16.5. The first-order valence-corrected chi connectivity index (χ1v) is 6.47. The third-order valence-corrected chi connectivity index (χ3v) is 3.85. The molecule has 0 spiro atoms. The predicted molar refractivity (Wildman–Crippen MR) is 70.2 cm³/mol. The summed E-state index contributed by atoms with van der Waals surface area (Å²) in [5.74, 6) is 0.0754. The van der Waals surface area contributed by atoms with E-state index in [1.807, 2.05) is 6.92 Å². The standard InChI is InChI=1S/C15H20O3/c1-10-5-3-4-6-12(10)13-7-8-18-14(11(13)2)9-15(16)17/h3-6,10,12,14H,7-9H2,1-2H3,(H,16,17). The van der Waals surface area contributed by atoms with Gasteiger partial charge >= 0.3 is 5.97 Å². The summed E-state index contributed by atoms with van der Waals surface area (Å²) in [6, 6.07) is 0. The van der Waals surface area contributed by atoms with Crippen LogP contribution < -0.4 is 0 Å². The largest absolute Gasteiger partial charge is 0.481 e. The van der Waals surface area contributed by atoms with Crippen LogP contribution in [0.4, 0.5) is 0 Å². The first-order chi connectivity index (χ1) is 8.59. The Morgan fingerprint density at radius 2 is 2.17 bits per heavy atom. The van der Waals surface area contributed by atoms with Crippen molar-refractivity contribution in [2.45, 2.75) is 32.8 Å². The van der Waals surface area contributed by atoms with Crippen LogP contribution in [-0.4, -0.2) is 23.8 Å². The number of carboxylic acid groups (broad SMARTS) is 1. The highest BCUT2D eigenvalue weighted by Gasteiger charge is 2.28. The van der Waals surface area contributed by atoms with E-state index >= 15 is 0 Å². The zero-order valence-electron chi connectivity index (χ0n) is 10.9. The number of hydrogen-bond acceptors (Lipinski definition) is 2. The smallest absolute Gasteiger partial charge is 0.306 e. The molecule has 1 N–H and O–H groups in total. The van der Waals surface area contributed by atoms with Crippen LogP contribution in [-0.2, 0) is 9.53 Å². The second kappa shape index (κ2) is 5.53. The second-order valence-corrected chi connectivity index (χ2v) is 5.07. The summed E-state index contributed by atoms with van der Waals surface area (Å²) in [5, 5.41) is 8.90. The number of ether oxygens (including phenoxy) is 1. The van der Waals surface area contributed by atoms with Crippen molar-refractivity contribution in [3.63, 3.8) is 0 Å². The SMILES string of the molecule is CC1=C(C2C=CC=CC2C)CCOC1CC(=O)O. The maximum atomic E-state index is 10.8. The topological polar surface area (TPSA) is 46.5 Å². The molecule has 0 aromatic rings. The molecule has 0 amide bonds. The van der Waals surface area contributed by atoms with E-state index in [0.717, 1.165) is 12.0 Å². The first-order valence-electron chi connectivity index (χ1n) is 6.47. The molecule has 0 fully saturated rings. The van der Waals surface area contributed by atoms with Crippen LogP contribution in [0.3, 0.4) is 0 Å². The molecule has 98 valence electrons. The van der Waals surface area contributed by atoms with Crippen molar-refractivity contribution in [3.8, 4) is 0 Å². The number of aliphatic carboxylic acids is 1. The van der Waals surface area contributed by atoms with E-state index < -0.39 is 5.97 Å². The number of carbonyl (C=O) groups is 1. The van der Waals surface area contributed by atoms with Gasteiger partial charge in [0.2, 0.25) is 0 Å². The highest BCUT2D eigenvalue weighted by molar-refractivity contribution is 5.68. The lowest BCUT2D eigenvalue weighted by atomic mass is 9.79. The Balaban J connectivity index is 2.22. The van der Waals surface area contributed by atoms with Crippen molar-refractivity contribution in [1.82, 2.24) is 0 Å². The summed E-state index contributed by atoms with van der Waals surface area (Å²) in [5.41, 5.74) is 2.47. The van der Waals surface area contributed by atoms with Gasteiger partial charge < -0.3 is 9.84 Å². The molecule has 0 saturated carbocycles. The van der Waals surface area contributed by atoms with Crippen molar-refractivity contribution in [2.24, 2.45) is 11.8 Å². The van der Waals surface area contributed by atoms with Gasteiger partial charge in [-0.25, -0.2) is 0 Å². The summed E-state index contributed by atoms with van der Waals surface area (Å²) in [6.07, 6.45) is 9.29. The van der Waals surface area contributed by atoms with E-state index in [1.54, 1.807) is 0 Å². The minimum Gasteiger partial charge on any atom is -0.481 e. The van der Waals surface area contributed by atoms with Crippen LogP contribution >= 0.6 is 0 Å². The highest BCUT2D eigenvalue weighted by Crippen LogP contribution is 2.35. The fourth-order valence-corrected chi connectivity index (χ4v) is 2.79. The maximum Gasteiger partial charge on any atom is 0.306 e. The fourth-order valence-electron chi connectivity index (χ4n) is 2.79. The molecule has 0 bridgehead atoms. The summed E-state index contributed by atoms with van der Waals surface area (Å²) >= 11 is 0. The van der Waals surface area contributed by atoms with Gasteiger partial charge in [-0.1, -0.05) is 36.8 Å². The van der Waals surface area contributed by atoms with Gasteiger partial charge in [0, 0.05) is 5.92 Å². The summed E-state index contributed by atoms with van der Waals surface area (Å²) in [7, 11) is 0. The number of carboxylic acids is 1. The Morgan fingerprint density at radius 1 is 1.44 bits per heavy atom. The second-order valence-electron chi connectivity index (χ2n) is 5.07. The molecule has 3 unspecified atom stereocenters. The molecule has 2 rings (SSSR count). The van der Waals surface area contributed by atoms with Gasteiger partial charge in [0.1, 0.15) is 0 Å². The zero-order chi connectivity index (χ0) is 13.1. The Labute approximate surface area is 108 Å². The van der Waals surface area contributed by atoms with Gasteiger partial charge in [0.05, 0.1) is 19.1 Å². The van der Waals surface area contributed by atoms with Gasteiger partial charge in [0.25, 0.3) is 0 Å². The Bertz CT molecular complexity index is 417. The zero-order valence-corrected chi connectivity index (χ0v) is 10.9. The van der Waals surface area contributed by atoms with Crippen molar-refractivity contribution in [2.75, 3.05) is 6.61 Å². The van der Waals surface area contributed by atoms with Crippen LogP contribution in [0.5, 0.6) is 0 Å². The third-order valence-electron chi connectivity index (χ3n) is 3.85. The van der Waals surface area contributed by atoms with Crippen LogP contribution in [0.1, 0.15) is 26.7 Å².